The SMILES string of the molecule is C/C(=N\NC(=O)COc1ccccc1F)c1ccc(F)cc1. The van der Waals surface area contributed by atoms with Crippen LogP contribution in [-0.4, -0.2) is 18.2 Å². The van der Waals surface area contributed by atoms with E-state index in [4.69, 9.17) is 4.74 Å². The van der Waals surface area contributed by atoms with Crippen molar-refractivity contribution in [2.75, 3.05) is 6.61 Å². The van der Waals surface area contributed by atoms with Crippen LogP contribution in [0.25, 0.3) is 0 Å². The van der Waals surface area contributed by atoms with E-state index < -0.39 is 11.7 Å². The van der Waals surface area contributed by atoms with Gasteiger partial charge in [-0.2, -0.15) is 5.10 Å². The predicted octanol–water partition coefficient (Wildman–Crippen LogP) is 2.88. The molecule has 0 aromatic heterocycles. The van der Waals surface area contributed by atoms with Gasteiger partial charge < -0.3 is 4.74 Å². The molecule has 0 saturated carbocycles. The first-order valence-electron chi connectivity index (χ1n) is 6.52. The van der Waals surface area contributed by atoms with Crippen molar-refractivity contribution in [1.29, 1.82) is 0 Å². The Morgan fingerprint density at radius 1 is 1.14 bits per heavy atom. The van der Waals surface area contributed by atoms with Crippen molar-refractivity contribution >= 4 is 11.6 Å². The second-order valence-corrected chi connectivity index (χ2v) is 4.46. The molecule has 6 heteroatoms. The zero-order valence-electron chi connectivity index (χ0n) is 11.8. The molecule has 0 fully saturated rings. The topological polar surface area (TPSA) is 50.7 Å². The fourth-order valence-corrected chi connectivity index (χ4v) is 1.64. The molecule has 1 amide bonds. The predicted molar refractivity (Wildman–Crippen MR) is 78.6 cm³/mol. The van der Waals surface area contributed by atoms with Crippen LogP contribution in [0.1, 0.15) is 12.5 Å². The molecule has 0 aliphatic heterocycles. The highest BCUT2D eigenvalue weighted by Crippen LogP contribution is 2.14. The average molecular weight is 304 g/mol. The number of nitrogens with zero attached hydrogens (tertiary/aromatic N) is 1. The van der Waals surface area contributed by atoms with Gasteiger partial charge in [0.1, 0.15) is 5.82 Å². The second kappa shape index (κ2) is 7.31. The Hall–Kier alpha value is -2.76. The monoisotopic (exact) mass is 304 g/mol. The molecule has 22 heavy (non-hydrogen) atoms. The van der Waals surface area contributed by atoms with Crippen LogP contribution in [0, 0.1) is 11.6 Å². The first kappa shape index (κ1) is 15.6. The standard InChI is InChI=1S/C16H14F2N2O2/c1-11(12-6-8-13(17)9-7-12)19-20-16(21)10-22-15-5-3-2-4-14(15)18/h2-9H,10H2,1H3,(H,20,21)/b19-11+. The second-order valence-electron chi connectivity index (χ2n) is 4.46. The van der Waals surface area contributed by atoms with Crippen LogP contribution in [0.15, 0.2) is 53.6 Å². The van der Waals surface area contributed by atoms with Crippen LogP contribution in [0.5, 0.6) is 5.75 Å². The summed E-state index contributed by atoms with van der Waals surface area (Å²) in [4.78, 5) is 11.6. The van der Waals surface area contributed by atoms with E-state index in [1.807, 2.05) is 0 Å². The molecule has 0 atom stereocenters. The van der Waals surface area contributed by atoms with Crippen molar-refractivity contribution in [1.82, 2.24) is 5.43 Å². The molecule has 114 valence electrons. The normalized spacial score (nSPS) is 11.1. The van der Waals surface area contributed by atoms with E-state index in [-0.39, 0.29) is 18.2 Å². The molecule has 0 heterocycles. The van der Waals surface area contributed by atoms with Gasteiger partial charge in [0.25, 0.3) is 5.91 Å². The molecule has 2 aromatic rings. The number of hydrogen-bond donors (Lipinski definition) is 1. The van der Waals surface area contributed by atoms with Crippen molar-refractivity contribution in [2.45, 2.75) is 6.92 Å². The van der Waals surface area contributed by atoms with E-state index in [0.717, 1.165) is 0 Å². The van der Waals surface area contributed by atoms with Crippen LogP contribution in [-0.2, 0) is 4.79 Å². The molecule has 0 unspecified atom stereocenters. The quantitative estimate of drug-likeness (QED) is 0.682. The Labute approximate surface area is 126 Å². The average Bonchev–Trinajstić information content (AvgIpc) is 2.52. The van der Waals surface area contributed by atoms with E-state index in [1.165, 1.54) is 30.3 Å². The summed E-state index contributed by atoms with van der Waals surface area (Å²) in [5.74, 6) is -1.42. The van der Waals surface area contributed by atoms with Gasteiger partial charge in [0, 0.05) is 0 Å². The van der Waals surface area contributed by atoms with Gasteiger partial charge in [0.15, 0.2) is 18.2 Å². The number of nitrogens with one attached hydrogen (secondary N) is 1. The third-order valence-electron chi connectivity index (χ3n) is 2.81. The number of para-hydroxylation sites is 1. The smallest absolute Gasteiger partial charge is 0.277 e. The molecule has 0 spiro atoms. The fraction of sp³-hybridized carbons (Fsp3) is 0.125. The van der Waals surface area contributed by atoms with Gasteiger partial charge in [-0.3, -0.25) is 4.79 Å². The maximum Gasteiger partial charge on any atom is 0.277 e. The molecule has 0 saturated heterocycles. The zero-order valence-corrected chi connectivity index (χ0v) is 11.8. The van der Waals surface area contributed by atoms with Crippen LogP contribution < -0.4 is 10.2 Å². The summed E-state index contributed by atoms with van der Waals surface area (Å²) in [7, 11) is 0. The van der Waals surface area contributed by atoms with Crippen LogP contribution >= 0.6 is 0 Å². The lowest BCUT2D eigenvalue weighted by atomic mass is 10.1. The van der Waals surface area contributed by atoms with Gasteiger partial charge in [-0.05, 0) is 36.8 Å². The molecule has 2 rings (SSSR count). The third-order valence-corrected chi connectivity index (χ3v) is 2.81. The highest BCUT2D eigenvalue weighted by atomic mass is 19.1. The van der Waals surface area contributed by atoms with Gasteiger partial charge in [-0.1, -0.05) is 24.3 Å². The fourth-order valence-electron chi connectivity index (χ4n) is 1.64. The van der Waals surface area contributed by atoms with Gasteiger partial charge in [0.05, 0.1) is 5.71 Å². The Bertz CT molecular complexity index is 685. The number of carbonyl (C=O) groups excluding carboxylic acids is 1. The Kier molecular flexibility index (Phi) is 5.19. The molecule has 0 radical (unpaired) electrons. The number of amides is 1. The molecular weight excluding hydrogens is 290 g/mol. The van der Waals surface area contributed by atoms with E-state index >= 15 is 0 Å². The minimum Gasteiger partial charge on any atom is -0.481 e. The summed E-state index contributed by atoms with van der Waals surface area (Å²) in [6.45, 7) is 1.31. The van der Waals surface area contributed by atoms with E-state index in [0.29, 0.717) is 11.3 Å². The summed E-state index contributed by atoms with van der Waals surface area (Å²) in [5.41, 5.74) is 3.48. The van der Waals surface area contributed by atoms with Crippen molar-refractivity contribution in [3.63, 3.8) is 0 Å². The van der Waals surface area contributed by atoms with Crippen LogP contribution in [0.3, 0.4) is 0 Å². The Morgan fingerprint density at radius 3 is 2.50 bits per heavy atom. The maximum absolute atomic E-state index is 13.3. The largest absolute Gasteiger partial charge is 0.481 e. The first-order chi connectivity index (χ1) is 10.6. The summed E-state index contributed by atoms with van der Waals surface area (Å²) in [6.07, 6.45) is 0. The van der Waals surface area contributed by atoms with Gasteiger partial charge >= 0.3 is 0 Å². The van der Waals surface area contributed by atoms with Crippen molar-refractivity contribution in [2.24, 2.45) is 5.10 Å². The number of hydrazone groups is 1. The lowest BCUT2D eigenvalue weighted by Crippen LogP contribution is -2.25. The maximum atomic E-state index is 13.3. The van der Waals surface area contributed by atoms with Crippen molar-refractivity contribution < 1.29 is 18.3 Å². The van der Waals surface area contributed by atoms with Gasteiger partial charge in [-0.15, -0.1) is 0 Å². The van der Waals surface area contributed by atoms with E-state index in [1.54, 1.807) is 25.1 Å². The molecule has 0 bridgehead atoms. The summed E-state index contributed by atoms with van der Waals surface area (Å²) < 4.78 is 31.1. The van der Waals surface area contributed by atoms with E-state index in [2.05, 4.69) is 10.5 Å². The molecular formula is C16H14F2N2O2. The lowest BCUT2D eigenvalue weighted by Gasteiger charge is -2.06. The minimum atomic E-state index is -0.540. The highest BCUT2D eigenvalue weighted by Gasteiger charge is 2.06. The van der Waals surface area contributed by atoms with Gasteiger partial charge in [0.2, 0.25) is 0 Å². The van der Waals surface area contributed by atoms with Gasteiger partial charge in [-0.25, -0.2) is 14.2 Å². The summed E-state index contributed by atoms with van der Waals surface area (Å²) in [6, 6.07) is 11.5. The molecule has 1 N–H and O–H groups in total. The first-order valence-corrected chi connectivity index (χ1v) is 6.52. The summed E-state index contributed by atoms with van der Waals surface area (Å²) in [5, 5.41) is 3.88. The highest BCUT2D eigenvalue weighted by molar-refractivity contribution is 5.99. The number of carbonyl (C=O) groups is 1. The number of hydrogen-bond acceptors (Lipinski definition) is 3. The minimum absolute atomic E-state index is 0.00288. The molecule has 2 aromatic carbocycles. The van der Waals surface area contributed by atoms with Crippen LogP contribution in [0.2, 0.25) is 0 Å². The Balaban J connectivity index is 1.88. The summed E-state index contributed by atoms with van der Waals surface area (Å²) >= 11 is 0. The number of ether oxygens (including phenoxy) is 1. The number of rotatable bonds is 5. The molecule has 0 aliphatic rings. The van der Waals surface area contributed by atoms with Crippen molar-refractivity contribution in [3.8, 4) is 5.75 Å². The lowest BCUT2D eigenvalue weighted by molar-refractivity contribution is -0.123. The molecule has 0 aliphatic carbocycles. The Morgan fingerprint density at radius 2 is 1.82 bits per heavy atom. The number of benzene rings is 2. The molecule has 4 nitrogen and oxygen atoms in total. The van der Waals surface area contributed by atoms with Crippen molar-refractivity contribution in [3.05, 3.63) is 65.7 Å². The van der Waals surface area contributed by atoms with E-state index in [9.17, 15) is 13.6 Å². The zero-order chi connectivity index (χ0) is 15.9. The van der Waals surface area contributed by atoms with Crippen LogP contribution in [0.4, 0.5) is 8.78 Å². The third kappa shape index (κ3) is 4.37. The number of halogens is 2.